The van der Waals surface area contributed by atoms with E-state index in [0.717, 1.165) is 0 Å². The third kappa shape index (κ3) is 1.46. The van der Waals surface area contributed by atoms with Crippen LogP contribution in [0.2, 0.25) is 0 Å². The van der Waals surface area contributed by atoms with Gasteiger partial charge >= 0.3 is 5.97 Å². The van der Waals surface area contributed by atoms with E-state index in [1.54, 1.807) is 0 Å². The summed E-state index contributed by atoms with van der Waals surface area (Å²) in [4.78, 5) is 23.6. The fourth-order valence-electron chi connectivity index (χ4n) is 0.982. The molecule has 1 fully saturated rings. The summed E-state index contributed by atoms with van der Waals surface area (Å²) in [6.07, 6.45) is 0.0260. The number of carbonyl (C=O) groups is 2. The van der Waals surface area contributed by atoms with E-state index in [2.05, 4.69) is 15.3 Å². The average Bonchev–Trinajstić information content (AvgIpc) is 2.34. The minimum absolute atomic E-state index is 0.0260. The molecule has 1 aliphatic heterocycles. The molecule has 0 unspecified atom stereocenters. The SMILES string of the molecule is [N-]=[N+]=N[C@H]1C[C@H](C(=O)O)NC1=O. The highest BCUT2D eigenvalue weighted by Crippen LogP contribution is 2.11. The van der Waals surface area contributed by atoms with Crippen molar-refractivity contribution in [1.82, 2.24) is 5.32 Å². The Morgan fingerprint density at radius 1 is 1.83 bits per heavy atom. The second kappa shape index (κ2) is 3.10. The Morgan fingerprint density at radius 2 is 2.50 bits per heavy atom. The van der Waals surface area contributed by atoms with Crippen LogP contribution < -0.4 is 5.32 Å². The highest BCUT2D eigenvalue weighted by atomic mass is 16.4. The van der Waals surface area contributed by atoms with E-state index in [1.807, 2.05) is 0 Å². The molecule has 2 N–H and O–H groups in total. The molecule has 0 spiro atoms. The van der Waals surface area contributed by atoms with Crippen molar-refractivity contribution in [3.8, 4) is 0 Å². The summed E-state index contributed by atoms with van der Waals surface area (Å²) in [5.41, 5.74) is 8.00. The zero-order valence-corrected chi connectivity index (χ0v) is 5.97. The fraction of sp³-hybridized carbons (Fsp3) is 0.600. The van der Waals surface area contributed by atoms with Gasteiger partial charge in [-0.15, -0.1) is 0 Å². The average molecular weight is 170 g/mol. The third-order valence-corrected chi connectivity index (χ3v) is 1.57. The molecule has 0 aliphatic carbocycles. The summed E-state index contributed by atoms with van der Waals surface area (Å²) < 4.78 is 0. The molecular formula is C5H6N4O3. The number of nitrogens with zero attached hydrogens (tertiary/aromatic N) is 3. The predicted molar refractivity (Wildman–Crippen MR) is 37.1 cm³/mol. The zero-order valence-electron chi connectivity index (χ0n) is 5.97. The minimum Gasteiger partial charge on any atom is -0.480 e. The predicted octanol–water partition coefficient (Wildman–Crippen LogP) is -0.362. The molecule has 0 aromatic rings. The number of hydrogen-bond donors (Lipinski definition) is 2. The number of carbonyl (C=O) groups excluding carboxylic acids is 1. The lowest BCUT2D eigenvalue weighted by atomic mass is 10.2. The second-order valence-electron chi connectivity index (χ2n) is 2.36. The standard InChI is InChI=1S/C5H6N4O3/c6-9-8-2-1-3(5(11)12)7-4(2)10/h2-3H,1H2,(H,7,10)(H,11,12)/t2-,3+/m0/s1. The third-order valence-electron chi connectivity index (χ3n) is 1.57. The monoisotopic (exact) mass is 170 g/mol. The Kier molecular flexibility index (Phi) is 2.16. The van der Waals surface area contributed by atoms with Crippen LogP contribution in [-0.4, -0.2) is 29.1 Å². The van der Waals surface area contributed by atoms with Crippen LogP contribution in [0.1, 0.15) is 6.42 Å². The van der Waals surface area contributed by atoms with Gasteiger partial charge in [-0.05, 0) is 12.0 Å². The number of azide groups is 1. The first kappa shape index (κ1) is 8.35. The zero-order chi connectivity index (χ0) is 9.14. The summed E-state index contributed by atoms with van der Waals surface area (Å²) in [6, 6.07) is -1.80. The molecule has 64 valence electrons. The summed E-state index contributed by atoms with van der Waals surface area (Å²) in [5, 5.41) is 13.8. The van der Waals surface area contributed by atoms with Crippen LogP contribution in [0.3, 0.4) is 0 Å². The Labute approximate surface area is 67.0 Å². The van der Waals surface area contributed by atoms with Gasteiger partial charge in [0.05, 0.1) is 0 Å². The molecule has 12 heavy (non-hydrogen) atoms. The topological polar surface area (TPSA) is 115 Å². The maximum Gasteiger partial charge on any atom is 0.326 e. The smallest absolute Gasteiger partial charge is 0.326 e. The van der Waals surface area contributed by atoms with E-state index >= 15 is 0 Å². The number of carboxylic acids is 1. The van der Waals surface area contributed by atoms with Crippen molar-refractivity contribution in [2.75, 3.05) is 0 Å². The van der Waals surface area contributed by atoms with Crippen molar-refractivity contribution in [3.63, 3.8) is 0 Å². The van der Waals surface area contributed by atoms with E-state index in [0.29, 0.717) is 0 Å². The summed E-state index contributed by atoms with van der Waals surface area (Å²) in [6.45, 7) is 0. The summed E-state index contributed by atoms with van der Waals surface area (Å²) in [5.74, 6) is -1.64. The lowest BCUT2D eigenvalue weighted by Crippen LogP contribution is -2.33. The van der Waals surface area contributed by atoms with Gasteiger partial charge in [0.1, 0.15) is 12.1 Å². The lowest BCUT2D eigenvalue weighted by molar-refractivity contribution is -0.140. The van der Waals surface area contributed by atoms with Crippen LogP contribution in [0.25, 0.3) is 10.4 Å². The van der Waals surface area contributed by atoms with Gasteiger partial charge in [-0.3, -0.25) is 4.79 Å². The molecule has 1 saturated heterocycles. The largest absolute Gasteiger partial charge is 0.480 e. The van der Waals surface area contributed by atoms with Gasteiger partial charge in [-0.1, -0.05) is 5.11 Å². The van der Waals surface area contributed by atoms with Crippen molar-refractivity contribution in [3.05, 3.63) is 10.4 Å². The van der Waals surface area contributed by atoms with E-state index in [-0.39, 0.29) is 6.42 Å². The molecule has 7 heteroatoms. The number of hydrogen-bond acceptors (Lipinski definition) is 3. The Bertz CT molecular complexity index is 270. The molecule has 7 nitrogen and oxygen atoms in total. The summed E-state index contributed by atoms with van der Waals surface area (Å²) in [7, 11) is 0. The number of nitrogens with one attached hydrogen (secondary N) is 1. The molecule has 0 aromatic heterocycles. The molecular weight excluding hydrogens is 164 g/mol. The van der Waals surface area contributed by atoms with E-state index in [1.165, 1.54) is 0 Å². The number of carboxylic acid groups (broad SMARTS) is 1. The van der Waals surface area contributed by atoms with Gasteiger partial charge in [0.25, 0.3) is 0 Å². The van der Waals surface area contributed by atoms with Crippen LogP contribution in [0, 0.1) is 0 Å². The van der Waals surface area contributed by atoms with Gasteiger partial charge in [-0.25, -0.2) is 4.79 Å². The Hall–Kier alpha value is -1.75. The number of amides is 1. The lowest BCUT2D eigenvalue weighted by Gasteiger charge is -1.99. The van der Waals surface area contributed by atoms with Crippen molar-refractivity contribution in [1.29, 1.82) is 0 Å². The van der Waals surface area contributed by atoms with Crippen LogP contribution in [0.15, 0.2) is 5.11 Å². The first-order chi connectivity index (χ1) is 5.65. The molecule has 1 amide bonds. The molecule has 0 bridgehead atoms. The molecule has 1 aliphatic rings. The maximum absolute atomic E-state index is 10.8. The van der Waals surface area contributed by atoms with Crippen LogP contribution in [0.5, 0.6) is 0 Å². The van der Waals surface area contributed by atoms with Gasteiger partial charge < -0.3 is 10.4 Å². The Balaban J connectivity index is 2.68. The quantitative estimate of drug-likeness (QED) is 0.334. The van der Waals surface area contributed by atoms with Gasteiger partial charge in [0.2, 0.25) is 5.91 Å². The van der Waals surface area contributed by atoms with Crippen molar-refractivity contribution in [2.24, 2.45) is 5.11 Å². The van der Waals surface area contributed by atoms with Gasteiger partial charge in [-0.2, -0.15) is 0 Å². The van der Waals surface area contributed by atoms with Gasteiger partial charge in [0, 0.05) is 4.91 Å². The number of rotatable bonds is 2. The highest BCUT2D eigenvalue weighted by Gasteiger charge is 2.35. The van der Waals surface area contributed by atoms with E-state index < -0.39 is 24.0 Å². The molecule has 1 rings (SSSR count). The van der Waals surface area contributed by atoms with E-state index in [9.17, 15) is 9.59 Å². The Morgan fingerprint density at radius 3 is 2.92 bits per heavy atom. The molecule has 0 aromatic carbocycles. The van der Waals surface area contributed by atoms with Crippen molar-refractivity contribution < 1.29 is 14.7 Å². The van der Waals surface area contributed by atoms with Crippen molar-refractivity contribution in [2.45, 2.75) is 18.5 Å². The summed E-state index contributed by atoms with van der Waals surface area (Å²) >= 11 is 0. The minimum atomic E-state index is -1.11. The van der Waals surface area contributed by atoms with Crippen LogP contribution in [-0.2, 0) is 9.59 Å². The first-order valence-corrected chi connectivity index (χ1v) is 3.22. The van der Waals surface area contributed by atoms with Crippen LogP contribution in [0.4, 0.5) is 0 Å². The molecule has 0 radical (unpaired) electrons. The van der Waals surface area contributed by atoms with Crippen LogP contribution >= 0.6 is 0 Å². The molecule has 2 atom stereocenters. The maximum atomic E-state index is 10.8. The fourth-order valence-corrected chi connectivity index (χ4v) is 0.982. The first-order valence-electron chi connectivity index (χ1n) is 3.22. The van der Waals surface area contributed by atoms with Crippen molar-refractivity contribution >= 4 is 11.9 Å². The molecule has 1 heterocycles. The second-order valence-corrected chi connectivity index (χ2v) is 2.36. The normalized spacial score (nSPS) is 27.5. The van der Waals surface area contributed by atoms with Gasteiger partial charge in [0.15, 0.2) is 0 Å². The number of aliphatic carboxylic acids is 1. The molecule has 0 saturated carbocycles. The van der Waals surface area contributed by atoms with E-state index in [4.69, 9.17) is 10.6 Å². The highest BCUT2D eigenvalue weighted by molar-refractivity contribution is 5.91.